The molecule has 0 spiro atoms. The molecule has 0 aromatic heterocycles. The molecule has 0 aromatic carbocycles. The van der Waals surface area contributed by atoms with E-state index in [1.807, 2.05) is 0 Å². The predicted molar refractivity (Wildman–Crippen MR) is 69.8 cm³/mol. The summed E-state index contributed by atoms with van der Waals surface area (Å²) in [5.41, 5.74) is -0.0693. The Morgan fingerprint density at radius 1 is 1.28 bits per heavy atom. The number of hydrogen-bond acceptors (Lipinski definition) is 2. The molecule has 1 rings (SSSR count). The quantitative estimate of drug-likeness (QED) is 0.759. The first-order chi connectivity index (χ1) is 8.03. The first kappa shape index (κ1) is 14.7. The van der Waals surface area contributed by atoms with Gasteiger partial charge in [0.05, 0.1) is 0 Å². The van der Waals surface area contributed by atoms with Crippen molar-refractivity contribution in [3.63, 3.8) is 0 Å². The highest BCUT2D eigenvalue weighted by Crippen LogP contribution is 2.65. The fraction of sp³-hybridized carbons (Fsp3) is 0.714. The lowest BCUT2D eigenvalue weighted by atomic mass is 9.85. The number of carboxylic acid groups (broad SMARTS) is 1. The maximum absolute atomic E-state index is 12.1. The standard InChI is InChI=1S/C14H23NO3/c1-7-8(12(17)18)15-11(16)9-10(13(2,3)4)14(9,5)6/h7,9-10H,1-6H3,(H,15,16)(H,17,18)/b8-7+. The number of carbonyl (C=O) groups is 2. The molecular formula is C14H23NO3. The normalized spacial score (nSPS) is 26.7. The van der Waals surface area contributed by atoms with Crippen molar-refractivity contribution in [2.24, 2.45) is 22.7 Å². The van der Waals surface area contributed by atoms with Crippen LogP contribution < -0.4 is 5.32 Å². The summed E-state index contributed by atoms with van der Waals surface area (Å²) >= 11 is 0. The van der Waals surface area contributed by atoms with E-state index in [4.69, 9.17) is 5.11 Å². The molecule has 4 nitrogen and oxygen atoms in total. The van der Waals surface area contributed by atoms with Crippen molar-refractivity contribution in [2.45, 2.75) is 41.5 Å². The minimum Gasteiger partial charge on any atom is -0.477 e. The molecule has 0 aliphatic heterocycles. The number of hydrogen-bond donors (Lipinski definition) is 2. The van der Waals surface area contributed by atoms with Gasteiger partial charge in [-0.05, 0) is 23.7 Å². The maximum atomic E-state index is 12.1. The Labute approximate surface area is 108 Å². The first-order valence-corrected chi connectivity index (χ1v) is 6.24. The number of carboxylic acids is 1. The number of carbonyl (C=O) groups excluding carboxylic acids is 1. The SMILES string of the molecule is C/C=C(/NC(=O)C1C(C(C)(C)C)C1(C)C)C(=O)O. The summed E-state index contributed by atoms with van der Waals surface area (Å²) in [5, 5.41) is 11.4. The molecule has 2 unspecified atom stereocenters. The summed E-state index contributed by atoms with van der Waals surface area (Å²) in [7, 11) is 0. The maximum Gasteiger partial charge on any atom is 0.352 e. The van der Waals surface area contributed by atoms with Crippen molar-refractivity contribution < 1.29 is 14.7 Å². The van der Waals surface area contributed by atoms with E-state index in [-0.39, 0.29) is 34.3 Å². The molecule has 2 atom stereocenters. The van der Waals surface area contributed by atoms with E-state index in [9.17, 15) is 9.59 Å². The summed E-state index contributed by atoms with van der Waals surface area (Å²) < 4.78 is 0. The molecule has 0 heterocycles. The number of rotatable bonds is 3. The Kier molecular flexibility index (Phi) is 3.61. The summed E-state index contributed by atoms with van der Waals surface area (Å²) in [5.74, 6) is -1.13. The van der Waals surface area contributed by atoms with E-state index < -0.39 is 5.97 Å². The third-order valence-electron chi connectivity index (χ3n) is 3.82. The zero-order valence-electron chi connectivity index (χ0n) is 12.0. The average molecular weight is 253 g/mol. The Hall–Kier alpha value is -1.32. The Bertz CT molecular complexity index is 402. The predicted octanol–water partition coefficient (Wildman–Crippen LogP) is 2.41. The van der Waals surface area contributed by atoms with Crippen LogP contribution in [0.3, 0.4) is 0 Å². The summed E-state index contributed by atoms with van der Waals surface area (Å²) in [6.07, 6.45) is 1.40. The molecular weight excluding hydrogens is 230 g/mol. The Morgan fingerprint density at radius 2 is 1.78 bits per heavy atom. The third-order valence-corrected chi connectivity index (χ3v) is 3.82. The van der Waals surface area contributed by atoms with Crippen LogP contribution >= 0.6 is 0 Å². The molecule has 0 saturated heterocycles. The molecule has 4 heteroatoms. The lowest BCUT2D eigenvalue weighted by Gasteiger charge is -2.20. The molecule has 1 amide bonds. The van der Waals surface area contributed by atoms with Crippen molar-refractivity contribution >= 4 is 11.9 Å². The molecule has 2 N–H and O–H groups in total. The number of nitrogens with one attached hydrogen (secondary N) is 1. The highest BCUT2D eigenvalue weighted by molar-refractivity contribution is 5.94. The molecule has 0 radical (unpaired) electrons. The molecule has 0 bridgehead atoms. The minimum absolute atomic E-state index is 0.0460. The van der Waals surface area contributed by atoms with Gasteiger partial charge in [0.1, 0.15) is 5.70 Å². The van der Waals surface area contributed by atoms with E-state index in [0.29, 0.717) is 0 Å². The van der Waals surface area contributed by atoms with E-state index in [1.165, 1.54) is 6.08 Å². The van der Waals surface area contributed by atoms with Crippen LogP contribution in [0.15, 0.2) is 11.8 Å². The van der Waals surface area contributed by atoms with E-state index in [1.54, 1.807) is 6.92 Å². The van der Waals surface area contributed by atoms with Crippen molar-refractivity contribution in [3.05, 3.63) is 11.8 Å². The van der Waals surface area contributed by atoms with Gasteiger partial charge >= 0.3 is 5.97 Å². The molecule has 1 aliphatic carbocycles. The third kappa shape index (κ3) is 2.57. The lowest BCUT2D eigenvalue weighted by Crippen LogP contribution is -2.30. The molecule has 1 saturated carbocycles. The molecule has 1 aliphatic rings. The fourth-order valence-electron chi connectivity index (χ4n) is 3.20. The first-order valence-electron chi connectivity index (χ1n) is 6.24. The van der Waals surface area contributed by atoms with Gasteiger partial charge in [-0.1, -0.05) is 40.7 Å². The Balaban J connectivity index is 2.80. The van der Waals surface area contributed by atoms with Crippen molar-refractivity contribution in [2.75, 3.05) is 0 Å². The van der Waals surface area contributed by atoms with Gasteiger partial charge in [-0.15, -0.1) is 0 Å². The van der Waals surface area contributed by atoms with Crippen LogP contribution in [0.1, 0.15) is 41.5 Å². The zero-order valence-corrected chi connectivity index (χ0v) is 12.0. The minimum atomic E-state index is -1.10. The second-order valence-corrected chi connectivity index (χ2v) is 6.64. The second-order valence-electron chi connectivity index (χ2n) is 6.64. The van der Waals surface area contributed by atoms with Crippen LogP contribution in [0.5, 0.6) is 0 Å². The smallest absolute Gasteiger partial charge is 0.352 e. The summed E-state index contributed by atoms with van der Waals surface area (Å²) in [4.78, 5) is 23.0. The monoisotopic (exact) mass is 253 g/mol. The number of aliphatic carboxylic acids is 1. The Morgan fingerprint density at radius 3 is 2.06 bits per heavy atom. The highest BCUT2D eigenvalue weighted by atomic mass is 16.4. The van der Waals surface area contributed by atoms with Gasteiger partial charge in [0.2, 0.25) is 5.91 Å². The average Bonchev–Trinajstić information content (AvgIpc) is 2.77. The van der Waals surface area contributed by atoms with Gasteiger partial charge in [-0.2, -0.15) is 0 Å². The molecule has 18 heavy (non-hydrogen) atoms. The van der Waals surface area contributed by atoms with Gasteiger partial charge in [-0.25, -0.2) is 4.79 Å². The van der Waals surface area contributed by atoms with Crippen molar-refractivity contribution in [3.8, 4) is 0 Å². The van der Waals surface area contributed by atoms with E-state index in [2.05, 4.69) is 39.9 Å². The van der Waals surface area contributed by atoms with Crippen LogP contribution in [-0.4, -0.2) is 17.0 Å². The zero-order chi connectivity index (χ0) is 14.3. The molecule has 102 valence electrons. The van der Waals surface area contributed by atoms with Crippen LogP contribution in [-0.2, 0) is 9.59 Å². The summed E-state index contributed by atoms with van der Waals surface area (Å²) in [6.45, 7) is 12.1. The van der Waals surface area contributed by atoms with E-state index in [0.717, 1.165) is 0 Å². The van der Waals surface area contributed by atoms with Gasteiger partial charge in [0.15, 0.2) is 0 Å². The van der Waals surface area contributed by atoms with Gasteiger partial charge in [-0.3, -0.25) is 4.79 Å². The van der Waals surface area contributed by atoms with Crippen LogP contribution in [0.25, 0.3) is 0 Å². The largest absolute Gasteiger partial charge is 0.477 e. The van der Waals surface area contributed by atoms with Gasteiger partial charge in [0, 0.05) is 5.92 Å². The van der Waals surface area contributed by atoms with Crippen LogP contribution in [0, 0.1) is 22.7 Å². The molecule has 1 fully saturated rings. The fourth-order valence-corrected chi connectivity index (χ4v) is 3.20. The van der Waals surface area contributed by atoms with Crippen molar-refractivity contribution in [1.29, 1.82) is 0 Å². The van der Waals surface area contributed by atoms with Gasteiger partial charge < -0.3 is 10.4 Å². The van der Waals surface area contributed by atoms with Gasteiger partial charge in [0.25, 0.3) is 0 Å². The van der Waals surface area contributed by atoms with Crippen LogP contribution in [0.4, 0.5) is 0 Å². The topological polar surface area (TPSA) is 66.4 Å². The molecule has 0 aromatic rings. The highest BCUT2D eigenvalue weighted by Gasteiger charge is 2.65. The van der Waals surface area contributed by atoms with Crippen molar-refractivity contribution in [1.82, 2.24) is 5.32 Å². The number of amides is 1. The van der Waals surface area contributed by atoms with Crippen LogP contribution in [0.2, 0.25) is 0 Å². The van der Waals surface area contributed by atoms with E-state index >= 15 is 0 Å². The summed E-state index contributed by atoms with van der Waals surface area (Å²) in [6, 6.07) is 0. The number of allylic oxidation sites excluding steroid dienone is 1. The lowest BCUT2D eigenvalue weighted by molar-refractivity contribution is -0.135. The second kappa shape index (κ2) is 4.41.